The molecule has 0 saturated carbocycles. The zero-order valence-electron chi connectivity index (χ0n) is 10.8. The average Bonchev–Trinajstić information content (AvgIpc) is 2.80. The number of hydrogen-bond donors (Lipinski definition) is 2. The van der Waals surface area contributed by atoms with E-state index >= 15 is 0 Å². The highest BCUT2D eigenvalue weighted by atomic mass is 16.4. The molecule has 2 aromatic rings. The Morgan fingerprint density at radius 3 is 2.37 bits per heavy atom. The van der Waals surface area contributed by atoms with E-state index in [2.05, 4.69) is 4.98 Å². The Balaban J connectivity index is 2.32. The van der Waals surface area contributed by atoms with Crippen LogP contribution < -0.4 is 0 Å². The van der Waals surface area contributed by atoms with E-state index in [0.717, 1.165) is 5.56 Å². The number of carbonyl (C=O) groups is 2. The number of rotatable bonds is 4. The summed E-state index contributed by atoms with van der Waals surface area (Å²) >= 11 is 0. The molecule has 19 heavy (non-hydrogen) atoms. The number of benzene rings is 1. The first-order valence-electron chi connectivity index (χ1n) is 6.02. The van der Waals surface area contributed by atoms with E-state index in [4.69, 9.17) is 5.11 Å². The molecule has 1 aromatic heterocycles. The van der Waals surface area contributed by atoms with Gasteiger partial charge in [0.15, 0.2) is 5.78 Å². The molecule has 0 aliphatic carbocycles. The van der Waals surface area contributed by atoms with Crippen LogP contribution in [0.1, 0.15) is 44.9 Å². The van der Waals surface area contributed by atoms with Gasteiger partial charge in [-0.25, -0.2) is 4.79 Å². The number of Topliss-reactive ketones (excluding diaryl/α,β-unsaturated/α-hetero) is 1. The minimum Gasteiger partial charge on any atom is -0.477 e. The number of aromatic nitrogens is 1. The van der Waals surface area contributed by atoms with Gasteiger partial charge in [0.05, 0.1) is 0 Å². The molecule has 4 nitrogen and oxygen atoms in total. The number of aromatic amines is 1. The Morgan fingerprint density at radius 2 is 1.84 bits per heavy atom. The summed E-state index contributed by atoms with van der Waals surface area (Å²) in [7, 11) is 0. The molecule has 1 unspecified atom stereocenters. The minimum atomic E-state index is -1.06. The van der Waals surface area contributed by atoms with E-state index in [-0.39, 0.29) is 17.4 Å². The van der Waals surface area contributed by atoms with Gasteiger partial charge in [0.1, 0.15) is 5.69 Å². The Labute approximate surface area is 111 Å². The maximum Gasteiger partial charge on any atom is 0.352 e. The number of carbonyl (C=O) groups excluding carboxylic acids is 1. The molecule has 0 spiro atoms. The molecule has 0 aliphatic rings. The lowest BCUT2D eigenvalue weighted by molar-refractivity contribution is 0.0691. The van der Waals surface area contributed by atoms with Gasteiger partial charge in [-0.3, -0.25) is 4.79 Å². The van der Waals surface area contributed by atoms with Gasteiger partial charge >= 0.3 is 5.97 Å². The second kappa shape index (κ2) is 5.10. The largest absolute Gasteiger partial charge is 0.477 e. The Kier molecular flexibility index (Phi) is 3.51. The summed E-state index contributed by atoms with van der Waals surface area (Å²) in [5.74, 6) is -1.43. The van der Waals surface area contributed by atoms with Crippen LogP contribution in [0.5, 0.6) is 0 Å². The molecule has 0 bridgehead atoms. The van der Waals surface area contributed by atoms with E-state index in [1.807, 2.05) is 37.3 Å². The summed E-state index contributed by atoms with van der Waals surface area (Å²) < 4.78 is 0. The number of aryl methyl sites for hydroxylation is 1. The highest BCUT2D eigenvalue weighted by Crippen LogP contribution is 2.22. The Hall–Kier alpha value is -2.36. The third kappa shape index (κ3) is 2.57. The lowest BCUT2D eigenvalue weighted by atomic mass is 9.92. The summed E-state index contributed by atoms with van der Waals surface area (Å²) in [6.45, 7) is 3.53. The first-order valence-corrected chi connectivity index (χ1v) is 6.02. The van der Waals surface area contributed by atoms with Crippen LogP contribution in [-0.4, -0.2) is 21.8 Å². The molecule has 4 heteroatoms. The maximum atomic E-state index is 12.4. The summed E-state index contributed by atoms with van der Waals surface area (Å²) in [4.78, 5) is 26.0. The van der Waals surface area contributed by atoms with E-state index < -0.39 is 5.97 Å². The van der Waals surface area contributed by atoms with Crippen LogP contribution in [-0.2, 0) is 0 Å². The Bertz CT molecular complexity index is 614. The topological polar surface area (TPSA) is 70.2 Å². The van der Waals surface area contributed by atoms with Crippen LogP contribution in [0.4, 0.5) is 0 Å². The van der Waals surface area contributed by atoms with Crippen molar-refractivity contribution in [2.75, 3.05) is 0 Å². The molecule has 1 atom stereocenters. The molecule has 98 valence electrons. The molecular formula is C15H15NO3. The monoisotopic (exact) mass is 257 g/mol. The fourth-order valence-corrected chi connectivity index (χ4v) is 2.06. The summed E-state index contributed by atoms with van der Waals surface area (Å²) in [5, 5.41) is 8.92. The second-order valence-corrected chi connectivity index (χ2v) is 4.52. The molecule has 2 rings (SSSR count). The highest BCUT2D eigenvalue weighted by Gasteiger charge is 2.21. The third-order valence-electron chi connectivity index (χ3n) is 3.20. The van der Waals surface area contributed by atoms with Crippen molar-refractivity contribution in [2.45, 2.75) is 19.8 Å². The molecule has 1 heterocycles. The van der Waals surface area contributed by atoms with E-state index in [0.29, 0.717) is 11.3 Å². The van der Waals surface area contributed by atoms with Gasteiger partial charge < -0.3 is 10.1 Å². The number of carboxylic acids is 1. The molecule has 0 saturated heterocycles. The zero-order valence-corrected chi connectivity index (χ0v) is 10.8. The van der Waals surface area contributed by atoms with Crippen LogP contribution >= 0.6 is 0 Å². The van der Waals surface area contributed by atoms with Gasteiger partial charge in [-0.05, 0) is 18.6 Å². The van der Waals surface area contributed by atoms with Crippen molar-refractivity contribution in [2.24, 2.45) is 0 Å². The molecule has 2 N–H and O–H groups in total. The van der Waals surface area contributed by atoms with E-state index in [1.54, 1.807) is 6.92 Å². The quantitative estimate of drug-likeness (QED) is 0.827. The number of carboxylic acid groups (broad SMARTS) is 1. The first kappa shape index (κ1) is 13.1. The highest BCUT2D eigenvalue weighted by molar-refractivity contribution is 6.03. The van der Waals surface area contributed by atoms with Crippen LogP contribution in [0.2, 0.25) is 0 Å². The van der Waals surface area contributed by atoms with Crippen LogP contribution in [0.3, 0.4) is 0 Å². The fourth-order valence-electron chi connectivity index (χ4n) is 2.06. The van der Waals surface area contributed by atoms with E-state index in [9.17, 15) is 9.59 Å². The van der Waals surface area contributed by atoms with Crippen molar-refractivity contribution in [3.63, 3.8) is 0 Å². The maximum absolute atomic E-state index is 12.4. The van der Waals surface area contributed by atoms with Gasteiger partial charge in [0, 0.05) is 17.2 Å². The molecule has 0 aliphatic heterocycles. The molecule has 0 amide bonds. The normalized spacial score (nSPS) is 12.1. The number of H-pyrrole nitrogens is 1. The first-order chi connectivity index (χ1) is 9.00. The SMILES string of the molecule is Cc1[nH]c(C(=O)O)cc1C(=O)C(C)c1ccccc1. The van der Waals surface area contributed by atoms with Gasteiger partial charge in [-0.1, -0.05) is 37.3 Å². The van der Waals surface area contributed by atoms with Crippen molar-refractivity contribution in [1.82, 2.24) is 4.98 Å². The average molecular weight is 257 g/mol. The standard InChI is InChI=1S/C15H15NO3/c1-9(11-6-4-3-5-7-11)14(17)12-8-13(15(18)19)16-10(12)2/h3-9,16H,1-2H3,(H,18,19). The molecule has 1 aromatic carbocycles. The number of ketones is 1. The second-order valence-electron chi connectivity index (χ2n) is 4.52. The van der Waals surface area contributed by atoms with Gasteiger partial charge in [0.2, 0.25) is 0 Å². The van der Waals surface area contributed by atoms with Crippen LogP contribution in [0.25, 0.3) is 0 Å². The predicted octanol–water partition coefficient (Wildman–Crippen LogP) is 3.01. The number of aromatic carboxylic acids is 1. The lowest BCUT2D eigenvalue weighted by Gasteiger charge is -2.10. The zero-order chi connectivity index (χ0) is 14.0. The molecule has 0 fully saturated rings. The van der Waals surface area contributed by atoms with Crippen molar-refractivity contribution < 1.29 is 14.7 Å². The van der Waals surface area contributed by atoms with Crippen LogP contribution in [0.15, 0.2) is 36.4 Å². The van der Waals surface area contributed by atoms with E-state index in [1.165, 1.54) is 6.07 Å². The smallest absolute Gasteiger partial charge is 0.352 e. The lowest BCUT2D eigenvalue weighted by Crippen LogP contribution is -2.10. The summed E-state index contributed by atoms with van der Waals surface area (Å²) in [6.07, 6.45) is 0. The number of nitrogens with one attached hydrogen (secondary N) is 1. The summed E-state index contributed by atoms with van der Waals surface area (Å²) in [6, 6.07) is 10.8. The molecular weight excluding hydrogens is 242 g/mol. The van der Waals surface area contributed by atoms with Gasteiger partial charge in [-0.2, -0.15) is 0 Å². The van der Waals surface area contributed by atoms with Crippen molar-refractivity contribution in [3.8, 4) is 0 Å². The third-order valence-corrected chi connectivity index (χ3v) is 3.20. The summed E-state index contributed by atoms with van der Waals surface area (Å²) in [5.41, 5.74) is 1.99. The van der Waals surface area contributed by atoms with Gasteiger partial charge in [-0.15, -0.1) is 0 Å². The predicted molar refractivity (Wildman–Crippen MR) is 71.7 cm³/mol. The fraction of sp³-hybridized carbons (Fsp3) is 0.200. The number of hydrogen-bond acceptors (Lipinski definition) is 2. The van der Waals surface area contributed by atoms with Crippen molar-refractivity contribution in [1.29, 1.82) is 0 Å². The molecule has 0 radical (unpaired) electrons. The van der Waals surface area contributed by atoms with Crippen molar-refractivity contribution in [3.05, 3.63) is 58.9 Å². The van der Waals surface area contributed by atoms with Crippen molar-refractivity contribution >= 4 is 11.8 Å². The van der Waals surface area contributed by atoms with Crippen LogP contribution in [0, 0.1) is 6.92 Å². The Morgan fingerprint density at radius 1 is 1.21 bits per heavy atom. The minimum absolute atomic E-state index is 0.0427. The van der Waals surface area contributed by atoms with Gasteiger partial charge in [0.25, 0.3) is 0 Å².